The molecule has 0 saturated heterocycles. The summed E-state index contributed by atoms with van der Waals surface area (Å²) in [4.78, 5) is 0. The summed E-state index contributed by atoms with van der Waals surface area (Å²) in [6, 6.07) is 0.694. The number of aryl methyl sites for hydroxylation is 1. The molecule has 0 amide bonds. The largest absolute Gasteiger partial charge is 0.325 e. The van der Waals surface area contributed by atoms with Gasteiger partial charge in [-0.2, -0.15) is 0 Å². The van der Waals surface area contributed by atoms with E-state index in [-0.39, 0.29) is 0 Å². The fourth-order valence-electron chi connectivity index (χ4n) is 2.35. The molecule has 1 unspecified atom stereocenters. The van der Waals surface area contributed by atoms with Gasteiger partial charge in [-0.1, -0.05) is 25.5 Å². The summed E-state index contributed by atoms with van der Waals surface area (Å²) in [5.74, 6) is 0. The zero-order valence-corrected chi connectivity index (χ0v) is 13.6. The highest BCUT2D eigenvalue weighted by Gasteiger charge is 2.02. The van der Waals surface area contributed by atoms with Crippen LogP contribution in [-0.2, 0) is 13.1 Å². The molecule has 6 nitrogen and oxygen atoms in total. The molecule has 0 aromatic carbocycles. The van der Waals surface area contributed by atoms with E-state index < -0.39 is 0 Å². The maximum absolute atomic E-state index is 5.50. The van der Waals surface area contributed by atoms with Gasteiger partial charge < -0.3 is 16.4 Å². The van der Waals surface area contributed by atoms with Crippen LogP contribution < -0.4 is 16.4 Å². The zero-order chi connectivity index (χ0) is 15.3. The van der Waals surface area contributed by atoms with Crippen molar-refractivity contribution in [2.75, 3.05) is 19.6 Å². The second-order valence-corrected chi connectivity index (χ2v) is 5.48. The second kappa shape index (κ2) is 11.7. The standard InChI is InChI=1S/C15H32N6/c1-3-7-14(4-2)18-10-5-8-17-9-6-11-21-13-15(12-16)19-20-21/h13-14,17-18H,3-12,16H2,1-2H3. The first-order chi connectivity index (χ1) is 10.3. The van der Waals surface area contributed by atoms with Crippen molar-refractivity contribution in [2.45, 2.75) is 65.1 Å². The Kier molecular flexibility index (Phi) is 10.0. The van der Waals surface area contributed by atoms with Crippen molar-refractivity contribution in [2.24, 2.45) is 5.73 Å². The number of nitrogens with one attached hydrogen (secondary N) is 2. The highest BCUT2D eigenvalue weighted by Crippen LogP contribution is 2.00. The van der Waals surface area contributed by atoms with Crippen LogP contribution >= 0.6 is 0 Å². The molecule has 0 saturated carbocycles. The molecule has 21 heavy (non-hydrogen) atoms. The molecule has 1 atom stereocenters. The van der Waals surface area contributed by atoms with Gasteiger partial charge in [-0.05, 0) is 45.3 Å². The highest BCUT2D eigenvalue weighted by atomic mass is 15.4. The van der Waals surface area contributed by atoms with Crippen LogP contribution in [0.4, 0.5) is 0 Å². The lowest BCUT2D eigenvalue weighted by atomic mass is 10.1. The summed E-state index contributed by atoms with van der Waals surface area (Å²) in [6.07, 6.45) is 7.94. The average molecular weight is 296 g/mol. The molecular formula is C15H32N6. The van der Waals surface area contributed by atoms with Crippen LogP contribution in [0.3, 0.4) is 0 Å². The van der Waals surface area contributed by atoms with Gasteiger partial charge in [0, 0.05) is 25.3 Å². The highest BCUT2D eigenvalue weighted by molar-refractivity contribution is 4.90. The lowest BCUT2D eigenvalue weighted by Gasteiger charge is -2.15. The predicted octanol–water partition coefficient (Wildman–Crippen LogP) is 1.27. The van der Waals surface area contributed by atoms with E-state index in [0.29, 0.717) is 12.6 Å². The quantitative estimate of drug-likeness (QED) is 0.478. The second-order valence-electron chi connectivity index (χ2n) is 5.48. The molecule has 1 aromatic rings. The summed E-state index contributed by atoms with van der Waals surface area (Å²) < 4.78 is 1.86. The number of aromatic nitrogens is 3. The summed E-state index contributed by atoms with van der Waals surface area (Å²) >= 11 is 0. The first-order valence-corrected chi connectivity index (χ1v) is 8.33. The van der Waals surface area contributed by atoms with E-state index in [1.54, 1.807) is 0 Å². The molecular weight excluding hydrogens is 264 g/mol. The molecule has 0 fully saturated rings. The molecule has 1 aromatic heterocycles. The number of hydrogen-bond donors (Lipinski definition) is 3. The van der Waals surface area contributed by atoms with E-state index in [1.807, 2.05) is 10.9 Å². The van der Waals surface area contributed by atoms with Crippen molar-refractivity contribution in [3.63, 3.8) is 0 Å². The van der Waals surface area contributed by atoms with E-state index >= 15 is 0 Å². The monoisotopic (exact) mass is 296 g/mol. The van der Waals surface area contributed by atoms with E-state index in [0.717, 1.165) is 38.3 Å². The number of nitrogens with zero attached hydrogens (tertiary/aromatic N) is 3. The molecule has 4 N–H and O–H groups in total. The Bertz CT molecular complexity index is 352. The molecule has 0 aliphatic carbocycles. The first-order valence-electron chi connectivity index (χ1n) is 8.33. The lowest BCUT2D eigenvalue weighted by Crippen LogP contribution is -2.31. The molecule has 1 rings (SSSR count). The van der Waals surface area contributed by atoms with Crippen LogP contribution in [0.25, 0.3) is 0 Å². The van der Waals surface area contributed by atoms with E-state index in [2.05, 4.69) is 34.8 Å². The summed E-state index contributed by atoms with van der Waals surface area (Å²) in [5, 5.41) is 15.1. The Morgan fingerprint density at radius 2 is 2.05 bits per heavy atom. The van der Waals surface area contributed by atoms with Gasteiger partial charge in [-0.25, -0.2) is 0 Å². The Labute approximate surface area is 128 Å². The fourth-order valence-corrected chi connectivity index (χ4v) is 2.35. The van der Waals surface area contributed by atoms with Crippen molar-refractivity contribution in [1.29, 1.82) is 0 Å². The Hall–Kier alpha value is -0.980. The van der Waals surface area contributed by atoms with Crippen molar-refractivity contribution in [1.82, 2.24) is 25.6 Å². The summed E-state index contributed by atoms with van der Waals surface area (Å²) in [7, 11) is 0. The first kappa shape index (κ1) is 18.1. The minimum Gasteiger partial charge on any atom is -0.325 e. The van der Waals surface area contributed by atoms with Gasteiger partial charge in [0.1, 0.15) is 0 Å². The third kappa shape index (κ3) is 8.14. The van der Waals surface area contributed by atoms with Crippen molar-refractivity contribution >= 4 is 0 Å². The Morgan fingerprint density at radius 1 is 1.24 bits per heavy atom. The SMILES string of the molecule is CCCC(CC)NCCCNCCCn1cc(CN)nn1. The van der Waals surface area contributed by atoms with Crippen molar-refractivity contribution < 1.29 is 0 Å². The van der Waals surface area contributed by atoms with Crippen LogP contribution in [0.15, 0.2) is 6.20 Å². The minimum absolute atomic E-state index is 0.460. The minimum atomic E-state index is 0.460. The Morgan fingerprint density at radius 3 is 2.71 bits per heavy atom. The van der Waals surface area contributed by atoms with Crippen LogP contribution in [0.2, 0.25) is 0 Å². The van der Waals surface area contributed by atoms with Crippen LogP contribution in [0.1, 0.15) is 51.6 Å². The third-order valence-electron chi connectivity index (χ3n) is 3.63. The van der Waals surface area contributed by atoms with Gasteiger partial charge in [-0.3, -0.25) is 4.68 Å². The lowest BCUT2D eigenvalue weighted by molar-refractivity contribution is 0.451. The molecule has 0 aliphatic rings. The third-order valence-corrected chi connectivity index (χ3v) is 3.63. The van der Waals surface area contributed by atoms with Gasteiger partial charge in [0.15, 0.2) is 0 Å². The molecule has 1 heterocycles. The number of hydrogen-bond acceptors (Lipinski definition) is 5. The molecule has 6 heteroatoms. The van der Waals surface area contributed by atoms with Crippen molar-refractivity contribution in [3.8, 4) is 0 Å². The molecule has 0 bridgehead atoms. The fraction of sp³-hybridized carbons (Fsp3) is 0.867. The topological polar surface area (TPSA) is 80.8 Å². The van der Waals surface area contributed by atoms with Crippen LogP contribution in [-0.4, -0.2) is 40.7 Å². The van der Waals surface area contributed by atoms with Crippen LogP contribution in [0, 0.1) is 0 Å². The maximum Gasteiger partial charge on any atom is 0.0962 e. The average Bonchev–Trinajstić information content (AvgIpc) is 2.96. The van der Waals surface area contributed by atoms with Gasteiger partial charge in [-0.15, -0.1) is 5.10 Å². The summed E-state index contributed by atoms with van der Waals surface area (Å²) in [6.45, 7) is 9.05. The number of nitrogens with two attached hydrogens (primary N) is 1. The molecule has 0 aliphatic heterocycles. The van der Waals surface area contributed by atoms with E-state index in [1.165, 1.54) is 25.7 Å². The van der Waals surface area contributed by atoms with Crippen LogP contribution in [0.5, 0.6) is 0 Å². The van der Waals surface area contributed by atoms with Gasteiger partial charge in [0.25, 0.3) is 0 Å². The zero-order valence-electron chi connectivity index (χ0n) is 13.6. The molecule has 0 spiro atoms. The molecule has 122 valence electrons. The normalized spacial score (nSPS) is 12.7. The van der Waals surface area contributed by atoms with Crippen molar-refractivity contribution in [3.05, 3.63) is 11.9 Å². The van der Waals surface area contributed by atoms with Gasteiger partial charge in [0.05, 0.1) is 5.69 Å². The smallest absolute Gasteiger partial charge is 0.0962 e. The Balaban J connectivity index is 1.92. The predicted molar refractivity (Wildman–Crippen MR) is 87.0 cm³/mol. The van der Waals surface area contributed by atoms with Gasteiger partial charge in [0.2, 0.25) is 0 Å². The maximum atomic E-state index is 5.50. The van der Waals surface area contributed by atoms with E-state index in [4.69, 9.17) is 5.73 Å². The molecule has 0 radical (unpaired) electrons. The van der Waals surface area contributed by atoms with E-state index in [9.17, 15) is 0 Å². The van der Waals surface area contributed by atoms with Gasteiger partial charge >= 0.3 is 0 Å². The summed E-state index contributed by atoms with van der Waals surface area (Å²) in [5.41, 5.74) is 6.36. The number of rotatable bonds is 13.